The van der Waals surface area contributed by atoms with Gasteiger partial charge in [0.15, 0.2) is 0 Å². The molecule has 1 atom stereocenters. The van der Waals surface area contributed by atoms with E-state index in [0.717, 1.165) is 44.0 Å². The molecule has 0 aromatic heterocycles. The Hall–Kier alpha value is -1.88. The van der Waals surface area contributed by atoms with Crippen molar-refractivity contribution in [3.63, 3.8) is 0 Å². The van der Waals surface area contributed by atoms with Crippen LogP contribution in [0.1, 0.15) is 11.1 Å². The Balaban J connectivity index is 1.37. The zero-order valence-corrected chi connectivity index (χ0v) is 15.0. The van der Waals surface area contributed by atoms with Gasteiger partial charge in [0.2, 0.25) is 0 Å². The minimum atomic E-state index is -0.458. The number of piperazine rings is 1. The Labute approximate surface area is 150 Å². The molecule has 4 heteroatoms. The normalized spacial score (nSPS) is 17.4. The predicted octanol–water partition coefficient (Wildman–Crippen LogP) is 2.55. The lowest BCUT2D eigenvalue weighted by Gasteiger charge is -2.35. The van der Waals surface area contributed by atoms with Crippen molar-refractivity contribution >= 4 is 0 Å². The molecular weight excluding hydrogens is 312 g/mol. The SMILES string of the molecule is Cc1ccccc1OC[C@H](O)CN1CCN(Cc2ccccc2)CC1. The van der Waals surface area contributed by atoms with Crippen molar-refractivity contribution in [2.75, 3.05) is 39.3 Å². The molecule has 2 aromatic rings. The molecule has 1 saturated heterocycles. The van der Waals surface area contributed by atoms with Crippen molar-refractivity contribution in [3.8, 4) is 5.75 Å². The molecule has 0 radical (unpaired) electrons. The lowest BCUT2D eigenvalue weighted by molar-refractivity contribution is 0.0445. The van der Waals surface area contributed by atoms with Crippen LogP contribution in [0, 0.1) is 6.92 Å². The monoisotopic (exact) mass is 340 g/mol. The minimum Gasteiger partial charge on any atom is -0.491 e. The van der Waals surface area contributed by atoms with Crippen molar-refractivity contribution in [1.82, 2.24) is 9.80 Å². The molecule has 0 unspecified atom stereocenters. The molecule has 0 bridgehead atoms. The Bertz CT molecular complexity index is 639. The highest BCUT2D eigenvalue weighted by atomic mass is 16.5. The van der Waals surface area contributed by atoms with Crippen LogP contribution < -0.4 is 4.74 Å². The smallest absolute Gasteiger partial charge is 0.122 e. The number of hydrogen-bond acceptors (Lipinski definition) is 4. The molecule has 0 amide bonds. The fraction of sp³-hybridized carbons (Fsp3) is 0.429. The van der Waals surface area contributed by atoms with Gasteiger partial charge >= 0.3 is 0 Å². The number of rotatable bonds is 7. The van der Waals surface area contributed by atoms with E-state index < -0.39 is 6.10 Å². The van der Waals surface area contributed by atoms with Crippen molar-refractivity contribution in [1.29, 1.82) is 0 Å². The first-order valence-electron chi connectivity index (χ1n) is 9.06. The third-order valence-electron chi connectivity index (χ3n) is 4.71. The van der Waals surface area contributed by atoms with E-state index in [9.17, 15) is 5.11 Å². The Morgan fingerprint density at radius 2 is 1.56 bits per heavy atom. The van der Waals surface area contributed by atoms with E-state index in [-0.39, 0.29) is 0 Å². The van der Waals surface area contributed by atoms with Crippen molar-refractivity contribution in [3.05, 3.63) is 65.7 Å². The minimum absolute atomic E-state index is 0.342. The molecule has 1 heterocycles. The number of benzene rings is 2. The van der Waals surface area contributed by atoms with Gasteiger partial charge in [-0.25, -0.2) is 0 Å². The summed E-state index contributed by atoms with van der Waals surface area (Å²) in [5.74, 6) is 0.856. The van der Waals surface area contributed by atoms with Crippen LogP contribution in [-0.2, 0) is 6.54 Å². The second-order valence-corrected chi connectivity index (χ2v) is 6.79. The van der Waals surface area contributed by atoms with Crippen LogP contribution in [0.15, 0.2) is 54.6 Å². The molecule has 3 rings (SSSR count). The number of β-amino-alcohol motifs (C(OH)–C–C–N with tert-alkyl or cyclic N) is 1. The molecule has 0 spiro atoms. The van der Waals surface area contributed by atoms with Gasteiger partial charge in [0.25, 0.3) is 0 Å². The predicted molar refractivity (Wildman–Crippen MR) is 101 cm³/mol. The van der Waals surface area contributed by atoms with Crippen LogP contribution in [0.3, 0.4) is 0 Å². The number of ether oxygens (including phenoxy) is 1. The lowest BCUT2D eigenvalue weighted by atomic mass is 10.2. The zero-order chi connectivity index (χ0) is 17.5. The van der Waals surface area contributed by atoms with Crippen LogP contribution in [0.2, 0.25) is 0 Å². The fourth-order valence-electron chi connectivity index (χ4n) is 3.23. The van der Waals surface area contributed by atoms with Gasteiger partial charge in [0.05, 0.1) is 0 Å². The van der Waals surface area contributed by atoms with E-state index in [4.69, 9.17) is 4.74 Å². The number of hydrogen-bond donors (Lipinski definition) is 1. The molecule has 0 aliphatic carbocycles. The number of aryl methyl sites for hydroxylation is 1. The van der Waals surface area contributed by atoms with Crippen LogP contribution in [0.25, 0.3) is 0 Å². The Morgan fingerprint density at radius 3 is 2.28 bits per heavy atom. The van der Waals surface area contributed by atoms with Crippen molar-refractivity contribution in [2.45, 2.75) is 19.6 Å². The van der Waals surface area contributed by atoms with Gasteiger partial charge in [-0.1, -0.05) is 48.5 Å². The van der Waals surface area contributed by atoms with E-state index in [2.05, 4.69) is 40.1 Å². The second-order valence-electron chi connectivity index (χ2n) is 6.79. The van der Waals surface area contributed by atoms with E-state index in [0.29, 0.717) is 13.2 Å². The van der Waals surface area contributed by atoms with E-state index in [1.807, 2.05) is 31.2 Å². The Morgan fingerprint density at radius 1 is 0.920 bits per heavy atom. The summed E-state index contributed by atoms with van der Waals surface area (Å²) < 4.78 is 5.75. The molecule has 1 fully saturated rings. The molecule has 134 valence electrons. The quantitative estimate of drug-likeness (QED) is 0.840. The maximum atomic E-state index is 10.3. The fourth-order valence-corrected chi connectivity index (χ4v) is 3.23. The van der Waals surface area contributed by atoms with Gasteiger partial charge in [-0.3, -0.25) is 9.80 Å². The van der Waals surface area contributed by atoms with Crippen LogP contribution >= 0.6 is 0 Å². The number of aliphatic hydroxyl groups excluding tert-OH is 1. The molecule has 1 aliphatic rings. The summed E-state index contributed by atoms with van der Waals surface area (Å²) in [4.78, 5) is 4.80. The zero-order valence-electron chi connectivity index (χ0n) is 15.0. The highest BCUT2D eigenvalue weighted by molar-refractivity contribution is 5.31. The molecule has 25 heavy (non-hydrogen) atoms. The first kappa shape index (κ1) is 17.9. The molecule has 2 aromatic carbocycles. The summed E-state index contributed by atoms with van der Waals surface area (Å²) in [5.41, 5.74) is 2.46. The van der Waals surface area contributed by atoms with Crippen molar-refractivity contribution in [2.24, 2.45) is 0 Å². The van der Waals surface area contributed by atoms with E-state index in [1.54, 1.807) is 0 Å². The van der Waals surface area contributed by atoms with Gasteiger partial charge < -0.3 is 9.84 Å². The van der Waals surface area contributed by atoms with Crippen LogP contribution in [0.5, 0.6) is 5.75 Å². The molecule has 1 N–H and O–H groups in total. The average molecular weight is 340 g/mol. The van der Waals surface area contributed by atoms with Gasteiger partial charge in [-0.2, -0.15) is 0 Å². The van der Waals surface area contributed by atoms with E-state index >= 15 is 0 Å². The Kier molecular flexibility index (Phi) is 6.45. The van der Waals surface area contributed by atoms with Crippen LogP contribution in [0.4, 0.5) is 0 Å². The lowest BCUT2D eigenvalue weighted by Crippen LogP contribution is -2.48. The summed E-state index contributed by atoms with van der Waals surface area (Å²) in [7, 11) is 0. The highest BCUT2D eigenvalue weighted by Crippen LogP contribution is 2.16. The summed E-state index contributed by atoms with van der Waals surface area (Å²) >= 11 is 0. The summed E-state index contributed by atoms with van der Waals surface area (Å²) in [6.45, 7) is 8.12. The highest BCUT2D eigenvalue weighted by Gasteiger charge is 2.19. The van der Waals surface area contributed by atoms with Gasteiger partial charge in [0, 0.05) is 39.3 Å². The number of nitrogens with zero attached hydrogens (tertiary/aromatic N) is 2. The third kappa shape index (κ3) is 5.56. The van der Waals surface area contributed by atoms with E-state index in [1.165, 1.54) is 5.56 Å². The molecule has 0 saturated carbocycles. The number of para-hydroxylation sites is 1. The van der Waals surface area contributed by atoms with Gasteiger partial charge in [0.1, 0.15) is 18.5 Å². The molecule has 4 nitrogen and oxygen atoms in total. The van der Waals surface area contributed by atoms with Crippen LogP contribution in [-0.4, -0.2) is 60.3 Å². The van der Waals surface area contributed by atoms with Crippen molar-refractivity contribution < 1.29 is 9.84 Å². The van der Waals surface area contributed by atoms with Gasteiger partial charge in [-0.15, -0.1) is 0 Å². The standard InChI is InChI=1S/C21H28N2O2/c1-18-7-5-6-10-21(18)25-17-20(24)16-23-13-11-22(12-14-23)15-19-8-3-2-4-9-19/h2-10,20,24H,11-17H2,1H3/t20-/m1/s1. The summed E-state index contributed by atoms with van der Waals surface area (Å²) in [5, 5.41) is 10.3. The second kappa shape index (κ2) is 8.99. The summed E-state index contributed by atoms with van der Waals surface area (Å²) in [6.07, 6.45) is -0.458. The first-order valence-corrected chi connectivity index (χ1v) is 9.06. The largest absolute Gasteiger partial charge is 0.491 e. The average Bonchev–Trinajstić information content (AvgIpc) is 2.64. The van der Waals surface area contributed by atoms with Gasteiger partial charge in [-0.05, 0) is 24.1 Å². The maximum absolute atomic E-state index is 10.3. The topological polar surface area (TPSA) is 35.9 Å². The molecule has 1 aliphatic heterocycles. The first-order chi connectivity index (χ1) is 12.2. The molecular formula is C21H28N2O2. The third-order valence-corrected chi connectivity index (χ3v) is 4.71. The number of aliphatic hydroxyl groups is 1. The summed E-state index contributed by atoms with van der Waals surface area (Å²) in [6, 6.07) is 18.5. The maximum Gasteiger partial charge on any atom is 0.122 e.